The molecular formula is C20H20N2O. The summed E-state index contributed by atoms with van der Waals surface area (Å²) in [6.07, 6.45) is 2.11. The maximum Gasteiger partial charge on any atom is 0.255 e. The first-order valence-corrected chi connectivity index (χ1v) is 8.04. The molecule has 0 bridgehead atoms. The lowest BCUT2D eigenvalue weighted by Gasteiger charge is -2.34. The third-order valence-corrected chi connectivity index (χ3v) is 4.61. The standard InChI is InChI=1S/C20H20N2O/c1-15-7-2-4-10-18(15)17-9-6-12-22(14-17)20(23)19-11-5-3-8-16(19)13-21/h2-5,7-8,10-11,17H,6,9,12,14H2,1H3/t17-/m0/s1. The summed E-state index contributed by atoms with van der Waals surface area (Å²) in [4.78, 5) is 14.7. The Kier molecular flexibility index (Phi) is 4.43. The Morgan fingerprint density at radius 2 is 1.91 bits per heavy atom. The van der Waals surface area contributed by atoms with Crippen LogP contribution in [0.15, 0.2) is 48.5 Å². The summed E-state index contributed by atoms with van der Waals surface area (Å²) < 4.78 is 0. The Hall–Kier alpha value is -2.60. The van der Waals surface area contributed by atoms with Gasteiger partial charge in [-0.3, -0.25) is 4.79 Å². The Morgan fingerprint density at radius 3 is 2.70 bits per heavy atom. The van der Waals surface area contributed by atoms with Crippen LogP contribution in [0, 0.1) is 18.3 Å². The van der Waals surface area contributed by atoms with Crippen LogP contribution >= 0.6 is 0 Å². The molecule has 2 aromatic rings. The van der Waals surface area contributed by atoms with Crippen LogP contribution in [0.2, 0.25) is 0 Å². The van der Waals surface area contributed by atoms with Crippen molar-refractivity contribution in [3.63, 3.8) is 0 Å². The van der Waals surface area contributed by atoms with Gasteiger partial charge in [0.15, 0.2) is 0 Å². The van der Waals surface area contributed by atoms with Gasteiger partial charge in [-0.2, -0.15) is 5.26 Å². The molecule has 0 aromatic heterocycles. The molecule has 2 aromatic carbocycles. The van der Waals surface area contributed by atoms with Crippen molar-refractivity contribution in [3.05, 3.63) is 70.8 Å². The minimum Gasteiger partial charge on any atom is -0.338 e. The highest BCUT2D eigenvalue weighted by Crippen LogP contribution is 2.30. The second kappa shape index (κ2) is 6.66. The van der Waals surface area contributed by atoms with Crippen molar-refractivity contribution < 1.29 is 4.79 Å². The molecule has 0 aliphatic carbocycles. The fourth-order valence-electron chi connectivity index (χ4n) is 3.40. The van der Waals surface area contributed by atoms with Crippen LogP contribution in [0.5, 0.6) is 0 Å². The van der Waals surface area contributed by atoms with Crippen molar-refractivity contribution in [1.82, 2.24) is 4.90 Å². The molecule has 0 spiro atoms. The molecule has 3 heteroatoms. The molecule has 3 nitrogen and oxygen atoms in total. The van der Waals surface area contributed by atoms with Gasteiger partial charge in [-0.15, -0.1) is 0 Å². The monoisotopic (exact) mass is 304 g/mol. The number of carbonyl (C=O) groups is 1. The zero-order valence-corrected chi connectivity index (χ0v) is 13.3. The fourth-order valence-corrected chi connectivity index (χ4v) is 3.40. The SMILES string of the molecule is Cc1ccccc1[C@H]1CCCN(C(=O)c2ccccc2C#N)C1. The molecular weight excluding hydrogens is 284 g/mol. The van der Waals surface area contributed by atoms with Gasteiger partial charge in [-0.1, -0.05) is 36.4 Å². The minimum atomic E-state index is -0.0274. The summed E-state index contributed by atoms with van der Waals surface area (Å²) in [6, 6.07) is 17.6. The minimum absolute atomic E-state index is 0.0274. The molecule has 0 radical (unpaired) electrons. The number of benzene rings is 2. The summed E-state index contributed by atoms with van der Waals surface area (Å²) in [7, 11) is 0. The number of rotatable bonds is 2. The van der Waals surface area contributed by atoms with E-state index in [2.05, 4.69) is 31.2 Å². The lowest BCUT2D eigenvalue weighted by atomic mass is 9.87. The normalized spacial score (nSPS) is 17.6. The maximum absolute atomic E-state index is 12.8. The third-order valence-electron chi connectivity index (χ3n) is 4.61. The largest absolute Gasteiger partial charge is 0.338 e. The van der Waals surface area contributed by atoms with E-state index in [1.165, 1.54) is 11.1 Å². The first-order chi connectivity index (χ1) is 11.2. The summed E-state index contributed by atoms with van der Waals surface area (Å²) >= 11 is 0. The molecule has 1 atom stereocenters. The molecule has 0 unspecified atom stereocenters. The van der Waals surface area contributed by atoms with Gasteiger partial charge in [0.25, 0.3) is 5.91 Å². The second-order valence-corrected chi connectivity index (χ2v) is 6.10. The molecule has 1 saturated heterocycles. The number of piperidine rings is 1. The molecule has 1 aliphatic heterocycles. The number of carbonyl (C=O) groups excluding carboxylic acids is 1. The maximum atomic E-state index is 12.8. The van der Waals surface area contributed by atoms with Crippen LogP contribution < -0.4 is 0 Å². The molecule has 3 rings (SSSR count). The zero-order chi connectivity index (χ0) is 16.2. The van der Waals surface area contributed by atoms with Gasteiger partial charge in [0.05, 0.1) is 17.2 Å². The number of likely N-dealkylation sites (tertiary alicyclic amines) is 1. The second-order valence-electron chi connectivity index (χ2n) is 6.10. The predicted molar refractivity (Wildman–Crippen MR) is 90.2 cm³/mol. The number of aryl methyl sites for hydroxylation is 1. The van der Waals surface area contributed by atoms with Crippen molar-refractivity contribution in [2.45, 2.75) is 25.7 Å². The van der Waals surface area contributed by atoms with Crippen LogP contribution in [-0.2, 0) is 0 Å². The van der Waals surface area contributed by atoms with E-state index in [9.17, 15) is 10.1 Å². The van der Waals surface area contributed by atoms with Crippen LogP contribution in [-0.4, -0.2) is 23.9 Å². The molecule has 23 heavy (non-hydrogen) atoms. The Labute approximate surface area is 137 Å². The van der Waals surface area contributed by atoms with E-state index in [1.807, 2.05) is 17.0 Å². The molecule has 1 amide bonds. The van der Waals surface area contributed by atoms with Crippen molar-refractivity contribution in [2.24, 2.45) is 0 Å². The molecule has 1 aliphatic rings. The van der Waals surface area contributed by atoms with Gasteiger partial charge in [0.2, 0.25) is 0 Å². The van der Waals surface area contributed by atoms with E-state index < -0.39 is 0 Å². The van der Waals surface area contributed by atoms with E-state index in [-0.39, 0.29) is 5.91 Å². The van der Waals surface area contributed by atoms with Crippen LogP contribution in [0.1, 0.15) is 45.8 Å². The average Bonchev–Trinajstić information content (AvgIpc) is 2.61. The summed E-state index contributed by atoms with van der Waals surface area (Å²) in [6.45, 7) is 3.62. The van der Waals surface area contributed by atoms with Crippen LogP contribution in [0.25, 0.3) is 0 Å². The van der Waals surface area contributed by atoms with Crippen molar-refractivity contribution in [2.75, 3.05) is 13.1 Å². The third kappa shape index (κ3) is 3.12. The van der Waals surface area contributed by atoms with Crippen LogP contribution in [0.4, 0.5) is 0 Å². The van der Waals surface area contributed by atoms with Gasteiger partial charge in [-0.25, -0.2) is 0 Å². The highest BCUT2D eigenvalue weighted by atomic mass is 16.2. The van der Waals surface area contributed by atoms with Gasteiger partial charge in [-0.05, 0) is 43.0 Å². The van der Waals surface area contributed by atoms with Gasteiger partial charge in [0, 0.05) is 19.0 Å². The van der Waals surface area contributed by atoms with E-state index in [0.717, 1.165) is 25.9 Å². The highest BCUT2D eigenvalue weighted by Gasteiger charge is 2.27. The summed E-state index contributed by atoms with van der Waals surface area (Å²) in [5.41, 5.74) is 3.58. The van der Waals surface area contributed by atoms with E-state index in [4.69, 9.17) is 0 Å². The van der Waals surface area contributed by atoms with Crippen molar-refractivity contribution in [3.8, 4) is 6.07 Å². The topological polar surface area (TPSA) is 44.1 Å². The summed E-state index contributed by atoms with van der Waals surface area (Å²) in [5, 5.41) is 9.21. The summed E-state index contributed by atoms with van der Waals surface area (Å²) in [5.74, 6) is 0.351. The van der Waals surface area contributed by atoms with Crippen molar-refractivity contribution in [1.29, 1.82) is 5.26 Å². The fraction of sp³-hybridized carbons (Fsp3) is 0.300. The molecule has 0 saturated carbocycles. The van der Waals surface area contributed by atoms with E-state index >= 15 is 0 Å². The highest BCUT2D eigenvalue weighted by molar-refractivity contribution is 5.96. The predicted octanol–water partition coefficient (Wildman–Crippen LogP) is 3.89. The van der Waals surface area contributed by atoms with E-state index in [0.29, 0.717) is 17.0 Å². The Bertz CT molecular complexity index is 760. The first kappa shape index (κ1) is 15.3. The number of nitrogens with zero attached hydrogens (tertiary/aromatic N) is 2. The quantitative estimate of drug-likeness (QED) is 0.845. The Morgan fingerprint density at radius 1 is 1.17 bits per heavy atom. The average molecular weight is 304 g/mol. The number of amides is 1. The smallest absolute Gasteiger partial charge is 0.255 e. The van der Waals surface area contributed by atoms with Crippen molar-refractivity contribution >= 4 is 5.91 Å². The van der Waals surface area contributed by atoms with Crippen LogP contribution in [0.3, 0.4) is 0 Å². The number of hydrogen-bond donors (Lipinski definition) is 0. The Balaban J connectivity index is 1.83. The van der Waals surface area contributed by atoms with Gasteiger partial charge in [0.1, 0.15) is 0 Å². The lowest BCUT2D eigenvalue weighted by Crippen LogP contribution is -2.39. The molecule has 1 fully saturated rings. The molecule has 116 valence electrons. The molecule has 0 N–H and O–H groups in total. The zero-order valence-electron chi connectivity index (χ0n) is 13.3. The first-order valence-electron chi connectivity index (χ1n) is 8.04. The molecule has 1 heterocycles. The number of hydrogen-bond acceptors (Lipinski definition) is 2. The lowest BCUT2D eigenvalue weighted by molar-refractivity contribution is 0.0706. The van der Waals surface area contributed by atoms with Gasteiger partial charge < -0.3 is 4.90 Å². The van der Waals surface area contributed by atoms with E-state index in [1.54, 1.807) is 18.2 Å². The number of nitriles is 1. The van der Waals surface area contributed by atoms with Gasteiger partial charge >= 0.3 is 0 Å².